The normalized spacial score (nSPS) is 11.6. The van der Waals surface area contributed by atoms with E-state index in [1.54, 1.807) is 12.1 Å². The van der Waals surface area contributed by atoms with Crippen LogP contribution in [0.2, 0.25) is 0 Å². The van der Waals surface area contributed by atoms with Crippen molar-refractivity contribution in [1.82, 2.24) is 4.90 Å². The van der Waals surface area contributed by atoms with E-state index in [1.807, 2.05) is 32.0 Å². The zero-order valence-electron chi connectivity index (χ0n) is 23.2. The highest BCUT2D eigenvalue weighted by molar-refractivity contribution is 5.80. The molecule has 0 bridgehead atoms. The van der Waals surface area contributed by atoms with Crippen molar-refractivity contribution in [3.8, 4) is 23.3 Å². The van der Waals surface area contributed by atoms with Gasteiger partial charge in [-0.1, -0.05) is 69.0 Å². The van der Waals surface area contributed by atoms with Crippen LogP contribution in [0.1, 0.15) is 48.6 Å². The van der Waals surface area contributed by atoms with Crippen molar-refractivity contribution in [3.05, 3.63) is 101 Å². The SMILES string of the molecule is Cc1cc(OC/C=C(\c2ccc(C#CCN(C)C)cc2)c2ccc(C(C)(C)C)cc2)ccc1OCC(=O)O. The Labute approximate surface area is 226 Å². The van der Waals surface area contributed by atoms with Gasteiger partial charge < -0.3 is 14.6 Å². The van der Waals surface area contributed by atoms with Gasteiger partial charge in [-0.3, -0.25) is 4.90 Å². The average molecular weight is 512 g/mol. The van der Waals surface area contributed by atoms with E-state index in [2.05, 4.69) is 87.2 Å². The topological polar surface area (TPSA) is 59.0 Å². The van der Waals surface area contributed by atoms with Gasteiger partial charge in [-0.25, -0.2) is 4.79 Å². The highest BCUT2D eigenvalue weighted by Crippen LogP contribution is 2.28. The highest BCUT2D eigenvalue weighted by atomic mass is 16.5. The first kappa shape index (κ1) is 28.6. The molecule has 0 unspecified atom stereocenters. The minimum Gasteiger partial charge on any atom is -0.489 e. The molecule has 0 aliphatic rings. The van der Waals surface area contributed by atoms with Crippen LogP contribution in [0.15, 0.2) is 72.8 Å². The standard InChI is InChI=1S/C33H37NO4/c1-24-22-29(17-18-31(24)38-23-32(35)36)37-21-19-30(27-13-15-28(16-14-27)33(2,3)4)26-11-9-25(10-12-26)8-7-20-34(5)6/h9-19,22H,20-21,23H2,1-6H3,(H,35,36)/b30-19+. The van der Waals surface area contributed by atoms with Gasteiger partial charge in [-0.15, -0.1) is 0 Å². The Morgan fingerprint density at radius 1 is 0.947 bits per heavy atom. The van der Waals surface area contributed by atoms with Crippen molar-refractivity contribution in [1.29, 1.82) is 0 Å². The fourth-order valence-corrected chi connectivity index (χ4v) is 3.82. The van der Waals surface area contributed by atoms with Crippen LogP contribution in [-0.4, -0.2) is 49.8 Å². The third kappa shape index (κ3) is 8.54. The summed E-state index contributed by atoms with van der Waals surface area (Å²) in [5, 5.41) is 8.84. The molecule has 3 rings (SSSR count). The van der Waals surface area contributed by atoms with E-state index in [0.29, 0.717) is 18.1 Å². The van der Waals surface area contributed by atoms with Crippen LogP contribution >= 0.6 is 0 Å². The summed E-state index contributed by atoms with van der Waals surface area (Å²) < 4.78 is 11.4. The van der Waals surface area contributed by atoms with Gasteiger partial charge >= 0.3 is 5.97 Å². The predicted molar refractivity (Wildman–Crippen MR) is 154 cm³/mol. The molecule has 3 aromatic rings. The molecule has 0 saturated carbocycles. The molecule has 38 heavy (non-hydrogen) atoms. The van der Waals surface area contributed by atoms with E-state index in [1.165, 1.54) is 5.56 Å². The summed E-state index contributed by atoms with van der Waals surface area (Å²) in [6.07, 6.45) is 2.09. The van der Waals surface area contributed by atoms with Crippen LogP contribution in [0.3, 0.4) is 0 Å². The first-order valence-corrected chi connectivity index (χ1v) is 12.7. The Kier molecular flexibility index (Phi) is 9.76. The molecule has 0 aliphatic heterocycles. The Morgan fingerprint density at radius 3 is 2.13 bits per heavy atom. The van der Waals surface area contributed by atoms with E-state index in [9.17, 15) is 4.79 Å². The molecule has 0 amide bonds. The number of hydrogen-bond acceptors (Lipinski definition) is 4. The second-order valence-electron chi connectivity index (χ2n) is 10.5. The van der Waals surface area contributed by atoms with Gasteiger partial charge in [0.2, 0.25) is 0 Å². The summed E-state index contributed by atoms with van der Waals surface area (Å²) in [6, 6.07) is 22.4. The lowest BCUT2D eigenvalue weighted by atomic mass is 9.85. The Hall–Kier alpha value is -4.01. The Morgan fingerprint density at radius 2 is 1.58 bits per heavy atom. The molecule has 0 radical (unpaired) electrons. The molecule has 0 saturated heterocycles. The van der Waals surface area contributed by atoms with Crippen LogP contribution in [0.4, 0.5) is 0 Å². The van der Waals surface area contributed by atoms with Crippen molar-refractivity contribution in [3.63, 3.8) is 0 Å². The number of benzene rings is 3. The summed E-state index contributed by atoms with van der Waals surface area (Å²) in [4.78, 5) is 12.8. The van der Waals surface area contributed by atoms with Crippen LogP contribution in [0, 0.1) is 18.8 Å². The maximum Gasteiger partial charge on any atom is 0.341 e. The van der Waals surface area contributed by atoms with Gasteiger partial charge in [-0.2, -0.15) is 0 Å². The van der Waals surface area contributed by atoms with Gasteiger partial charge in [-0.05, 0) is 90.7 Å². The van der Waals surface area contributed by atoms with Gasteiger partial charge in [0, 0.05) is 5.56 Å². The summed E-state index contributed by atoms with van der Waals surface area (Å²) in [5.74, 6) is 6.61. The van der Waals surface area contributed by atoms with Crippen molar-refractivity contribution in [2.45, 2.75) is 33.1 Å². The van der Waals surface area contributed by atoms with Crippen LogP contribution in [-0.2, 0) is 10.2 Å². The van der Waals surface area contributed by atoms with E-state index in [0.717, 1.165) is 34.4 Å². The lowest BCUT2D eigenvalue weighted by molar-refractivity contribution is -0.139. The maximum absolute atomic E-state index is 10.8. The molecule has 0 aliphatic carbocycles. The first-order valence-electron chi connectivity index (χ1n) is 12.7. The molecule has 0 heterocycles. The van der Waals surface area contributed by atoms with Gasteiger partial charge in [0.05, 0.1) is 6.54 Å². The van der Waals surface area contributed by atoms with Gasteiger partial charge in [0.1, 0.15) is 18.1 Å². The zero-order chi connectivity index (χ0) is 27.7. The van der Waals surface area contributed by atoms with E-state index < -0.39 is 5.97 Å². The Balaban J connectivity index is 1.84. The molecule has 0 aromatic heterocycles. The van der Waals surface area contributed by atoms with Crippen LogP contribution in [0.5, 0.6) is 11.5 Å². The number of carboxylic acids is 1. The molecule has 1 N–H and O–H groups in total. The first-order chi connectivity index (χ1) is 18.0. The molecule has 3 aromatic carbocycles. The van der Waals surface area contributed by atoms with Crippen molar-refractivity contribution < 1.29 is 19.4 Å². The van der Waals surface area contributed by atoms with Gasteiger partial charge in [0.25, 0.3) is 0 Å². The number of carbonyl (C=O) groups is 1. The van der Waals surface area contributed by atoms with E-state index >= 15 is 0 Å². The molecular weight excluding hydrogens is 474 g/mol. The average Bonchev–Trinajstić information content (AvgIpc) is 2.86. The number of aliphatic carboxylic acids is 1. The molecule has 5 heteroatoms. The summed E-state index contributed by atoms with van der Waals surface area (Å²) in [6.45, 7) is 9.21. The van der Waals surface area contributed by atoms with E-state index in [4.69, 9.17) is 14.6 Å². The number of hydrogen-bond donors (Lipinski definition) is 1. The smallest absolute Gasteiger partial charge is 0.341 e. The zero-order valence-corrected chi connectivity index (χ0v) is 23.2. The fraction of sp³-hybridized carbons (Fsp3) is 0.303. The third-order valence-corrected chi connectivity index (χ3v) is 5.92. The molecule has 0 spiro atoms. The minimum absolute atomic E-state index is 0.0800. The summed E-state index contributed by atoms with van der Waals surface area (Å²) >= 11 is 0. The molecule has 0 fully saturated rings. The van der Waals surface area contributed by atoms with Gasteiger partial charge in [0.15, 0.2) is 6.61 Å². The minimum atomic E-state index is -1.01. The maximum atomic E-state index is 10.8. The predicted octanol–water partition coefficient (Wildman–Crippen LogP) is 6.18. The lowest BCUT2D eigenvalue weighted by Gasteiger charge is -2.19. The number of ether oxygens (including phenoxy) is 2. The summed E-state index contributed by atoms with van der Waals surface area (Å²) in [7, 11) is 4.01. The molecular formula is C33H37NO4. The number of nitrogens with zero attached hydrogens (tertiary/aromatic N) is 1. The monoisotopic (exact) mass is 511 g/mol. The fourth-order valence-electron chi connectivity index (χ4n) is 3.82. The van der Waals surface area contributed by atoms with Crippen molar-refractivity contribution >= 4 is 11.5 Å². The van der Waals surface area contributed by atoms with Crippen LogP contribution < -0.4 is 9.47 Å². The van der Waals surface area contributed by atoms with Crippen LogP contribution in [0.25, 0.3) is 5.57 Å². The van der Waals surface area contributed by atoms with Crippen molar-refractivity contribution in [2.24, 2.45) is 0 Å². The molecule has 198 valence electrons. The lowest BCUT2D eigenvalue weighted by Crippen LogP contribution is -2.10. The third-order valence-electron chi connectivity index (χ3n) is 5.92. The number of aryl methyl sites for hydroxylation is 1. The second-order valence-corrected chi connectivity index (χ2v) is 10.5. The largest absolute Gasteiger partial charge is 0.489 e. The molecule has 5 nitrogen and oxygen atoms in total. The number of carboxylic acid groups (broad SMARTS) is 1. The van der Waals surface area contributed by atoms with Crippen molar-refractivity contribution in [2.75, 3.05) is 33.9 Å². The Bertz CT molecular complexity index is 1320. The number of rotatable bonds is 9. The highest BCUT2D eigenvalue weighted by Gasteiger charge is 2.14. The quantitative estimate of drug-likeness (QED) is 0.348. The van der Waals surface area contributed by atoms with E-state index in [-0.39, 0.29) is 12.0 Å². The summed E-state index contributed by atoms with van der Waals surface area (Å²) in [5.41, 5.74) is 6.44. The molecule has 0 atom stereocenters. The second kappa shape index (κ2) is 13.0.